The molecule has 9 heteroatoms. The van der Waals surface area contributed by atoms with Gasteiger partial charge in [-0.3, -0.25) is 19.0 Å². The van der Waals surface area contributed by atoms with Crippen LogP contribution in [0.3, 0.4) is 0 Å². The number of amides is 2. The molecule has 29 heavy (non-hydrogen) atoms. The van der Waals surface area contributed by atoms with Gasteiger partial charge in [-0.2, -0.15) is 0 Å². The van der Waals surface area contributed by atoms with Gasteiger partial charge < -0.3 is 14.5 Å². The second-order valence-corrected chi connectivity index (χ2v) is 8.87. The van der Waals surface area contributed by atoms with Crippen molar-refractivity contribution in [1.29, 1.82) is 0 Å². The van der Waals surface area contributed by atoms with Crippen molar-refractivity contribution >= 4 is 33.4 Å². The van der Waals surface area contributed by atoms with E-state index < -0.39 is 0 Å². The summed E-state index contributed by atoms with van der Waals surface area (Å²) < 4.78 is 7.00. The third-order valence-electron chi connectivity index (χ3n) is 5.87. The van der Waals surface area contributed by atoms with Crippen molar-refractivity contribution in [2.75, 3.05) is 32.8 Å². The maximum absolute atomic E-state index is 12.7. The van der Waals surface area contributed by atoms with Gasteiger partial charge in [-0.15, -0.1) is 11.3 Å². The van der Waals surface area contributed by atoms with Crippen LogP contribution in [0.5, 0.6) is 0 Å². The number of carbonyl (C=O) groups excluding carboxylic acids is 2. The molecule has 2 amide bonds. The molecular formula is C20H26N4O4S. The first-order valence-electron chi connectivity index (χ1n) is 10.1. The average molecular weight is 419 g/mol. The summed E-state index contributed by atoms with van der Waals surface area (Å²) in [4.78, 5) is 47.6. The summed E-state index contributed by atoms with van der Waals surface area (Å²) in [6.07, 6.45) is 3.18. The van der Waals surface area contributed by atoms with Gasteiger partial charge in [0, 0.05) is 50.6 Å². The Morgan fingerprint density at radius 3 is 2.62 bits per heavy atom. The summed E-state index contributed by atoms with van der Waals surface area (Å²) in [6, 6.07) is 0. The topological polar surface area (TPSA) is 84.7 Å². The van der Waals surface area contributed by atoms with E-state index in [9.17, 15) is 14.4 Å². The van der Waals surface area contributed by atoms with Crippen molar-refractivity contribution in [2.24, 2.45) is 0 Å². The smallest absolute Gasteiger partial charge is 0.262 e. The number of nitrogens with zero attached hydrogens (tertiary/aromatic N) is 4. The molecule has 2 aliphatic heterocycles. The molecule has 2 fully saturated rings. The lowest BCUT2D eigenvalue weighted by Crippen LogP contribution is -2.53. The molecule has 0 radical (unpaired) electrons. The standard InChI is InChI=1S/C20H26N4O4S/c1-13-14(2)29-18-17(13)20(27)24(12-21-18)6-5-16(25)22-7-9-23(10-8-22)19(26)15-4-3-11-28-15/h12,15H,3-11H2,1-2H3. The number of fused-ring (bicyclic) bond motifs is 1. The molecule has 2 aliphatic rings. The highest BCUT2D eigenvalue weighted by molar-refractivity contribution is 7.18. The largest absolute Gasteiger partial charge is 0.368 e. The van der Waals surface area contributed by atoms with Gasteiger partial charge in [0.05, 0.1) is 11.7 Å². The van der Waals surface area contributed by atoms with Crippen molar-refractivity contribution in [3.63, 3.8) is 0 Å². The minimum atomic E-state index is -0.309. The SMILES string of the molecule is Cc1sc2ncn(CCC(=O)N3CCN(C(=O)C4CCCO4)CC3)c(=O)c2c1C. The molecule has 156 valence electrons. The molecule has 0 bridgehead atoms. The maximum Gasteiger partial charge on any atom is 0.262 e. The molecule has 1 unspecified atom stereocenters. The Kier molecular flexibility index (Phi) is 5.69. The molecule has 4 rings (SSSR count). The first-order chi connectivity index (χ1) is 14.0. The van der Waals surface area contributed by atoms with E-state index in [1.54, 1.807) is 9.80 Å². The third kappa shape index (κ3) is 3.93. The summed E-state index contributed by atoms with van der Waals surface area (Å²) >= 11 is 1.52. The molecule has 0 N–H and O–H groups in total. The molecule has 2 aromatic heterocycles. The Hall–Kier alpha value is -2.26. The van der Waals surface area contributed by atoms with Crippen LogP contribution in [0.2, 0.25) is 0 Å². The Balaban J connectivity index is 1.33. The lowest BCUT2D eigenvalue weighted by atomic mass is 10.2. The predicted octanol–water partition coefficient (Wildman–Crippen LogP) is 1.31. The van der Waals surface area contributed by atoms with Gasteiger partial charge in [0.15, 0.2) is 0 Å². The minimum absolute atomic E-state index is 0.000525. The van der Waals surface area contributed by atoms with Crippen molar-refractivity contribution in [1.82, 2.24) is 19.4 Å². The van der Waals surface area contributed by atoms with Crippen LogP contribution >= 0.6 is 11.3 Å². The number of rotatable bonds is 4. The molecule has 1 atom stereocenters. The molecule has 8 nitrogen and oxygen atoms in total. The van der Waals surface area contributed by atoms with Crippen LogP contribution in [-0.4, -0.2) is 70.1 Å². The lowest BCUT2D eigenvalue weighted by Gasteiger charge is -2.35. The molecule has 4 heterocycles. The fourth-order valence-corrected chi connectivity index (χ4v) is 4.94. The highest BCUT2D eigenvalue weighted by Gasteiger charge is 2.31. The highest BCUT2D eigenvalue weighted by Crippen LogP contribution is 2.25. The first-order valence-corrected chi connectivity index (χ1v) is 10.9. The van der Waals surface area contributed by atoms with Gasteiger partial charge in [-0.25, -0.2) is 4.98 Å². The van der Waals surface area contributed by atoms with E-state index in [1.165, 1.54) is 22.2 Å². The maximum atomic E-state index is 12.7. The molecular weight excluding hydrogens is 392 g/mol. The normalized spacial score (nSPS) is 19.9. The van der Waals surface area contributed by atoms with Crippen molar-refractivity contribution in [3.8, 4) is 0 Å². The fourth-order valence-electron chi connectivity index (χ4n) is 3.96. The Labute approximate surface area is 173 Å². The van der Waals surface area contributed by atoms with Gasteiger partial charge in [0.1, 0.15) is 10.9 Å². The number of carbonyl (C=O) groups is 2. The summed E-state index contributed by atoms with van der Waals surface area (Å²) in [5.74, 6) is 0.0430. The Bertz CT molecular complexity index is 984. The molecule has 0 aliphatic carbocycles. The van der Waals surface area contributed by atoms with E-state index in [4.69, 9.17) is 4.74 Å². The monoisotopic (exact) mass is 418 g/mol. The minimum Gasteiger partial charge on any atom is -0.368 e. The number of ether oxygens (including phenoxy) is 1. The molecule has 2 aromatic rings. The first kappa shape index (κ1) is 20.0. The van der Waals surface area contributed by atoms with Gasteiger partial charge in [0.2, 0.25) is 5.91 Å². The zero-order valence-corrected chi connectivity index (χ0v) is 17.7. The number of hydrogen-bond acceptors (Lipinski definition) is 6. The summed E-state index contributed by atoms with van der Waals surface area (Å²) in [5, 5.41) is 0.656. The predicted molar refractivity (Wildman–Crippen MR) is 110 cm³/mol. The van der Waals surface area contributed by atoms with Crippen LogP contribution in [0.1, 0.15) is 29.7 Å². The number of aromatic nitrogens is 2. The molecule has 0 spiro atoms. The summed E-state index contributed by atoms with van der Waals surface area (Å²) in [7, 11) is 0. The van der Waals surface area contributed by atoms with Crippen LogP contribution in [0.15, 0.2) is 11.1 Å². The van der Waals surface area contributed by atoms with Crippen LogP contribution in [0, 0.1) is 13.8 Å². The van der Waals surface area contributed by atoms with E-state index in [0.717, 1.165) is 28.1 Å². The Morgan fingerprint density at radius 1 is 1.21 bits per heavy atom. The van der Waals surface area contributed by atoms with Crippen LogP contribution in [0.4, 0.5) is 0 Å². The average Bonchev–Trinajstić information content (AvgIpc) is 3.36. The molecule has 0 aromatic carbocycles. The zero-order valence-electron chi connectivity index (χ0n) is 16.8. The summed E-state index contributed by atoms with van der Waals surface area (Å²) in [5.41, 5.74) is 0.881. The summed E-state index contributed by atoms with van der Waals surface area (Å²) in [6.45, 7) is 6.99. The van der Waals surface area contributed by atoms with E-state index in [2.05, 4.69) is 4.98 Å². The number of piperazine rings is 1. The highest BCUT2D eigenvalue weighted by atomic mass is 32.1. The van der Waals surface area contributed by atoms with Crippen molar-refractivity contribution < 1.29 is 14.3 Å². The lowest BCUT2D eigenvalue weighted by molar-refractivity contribution is -0.146. The van der Waals surface area contributed by atoms with Gasteiger partial charge in [0.25, 0.3) is 11.5 Å². The zero-order chi connectivity index (χ0) is 20.5. The number of thiophene rings is 1. The Morgan fingerprint density at radius 2 is 1.93 bits per heavy atom. The van der Waals surface area contributed by atoms with E-state index in [1.807, 2.05) is 13.8 Å². The van der Waals surface area contributed by atoms with Crippen LogP contribution in [-0.2, 0) is 20.9 Å². The number of aryl methyl sites for hydroxylation is 3. The van der Waals surface area contributed by atoms with E-state index in [0.29, 0.717) is 44.7 Å². The second kappa shape index (κ2) is 8.23. The van der Waals surface area contributed by atoms with Gasteiger partial charge in [-0.05, 0) is 32.3 Å². The van der Waals surface area contributed by atoms with E-state index >= 15 is 0 Å². The van der Waals surface area contributed by atoms with Crippen LogP contribution < -0.4 is 5.56 Å². The third-order valence-corrected chi connectivity index (χ3v) is 6.99. The van der Waals surface area contributed by atoms with Crippen molar-refractivity contribution in [2.45, 2.75) is 45.8 Å². The molecule has 2 saturated heterocycles. The number of hydrogen-bond donors (Lipinski definition) is 0. The second-order valence-electron chi connectivity index (χ2n) is 7.66. The van der Waals surface area contributed by atoms with Gasteiger partial charge in [-0.1, -0.05) is 0 Å². The molecule has 0 saturated carbocycles. The van der Waals surface area contributed by atoms with E-state index in [-0.39, 0.29) is 29.9 Å². The fraction of sp³-hybridized carbons (Fsp3) is 0.600. The van der Waals surface area contributed by atoms with Crippen molar-refractivity contribution in [3.05, 3.63) is 27.1 Å². The van der Waals surface area contributed by atoms with Crippen LogP contribution in [0.25, 0.3) is 10.2 Å². The quantitative estimate of drug-likeness (QED) is 0.748. The van der Waals surface area contributed by atoms with Gasteiger partial charge >= 0.3 is 0 Å².